The SMILES string of the molecule is CCCc1nc(Cl)c(C)c(Nc2ccc(Cl)c(Br)c2)n1. The van der Waals surface area contributed by atoms with E-state index in [-0.39, 0.29) is 0 Å². The summed E-state index contributed by atoms with van der Waals surface area (Å²) in [5.41, 5.74) is 1.72. The van der Waals surface area contributed by atoms with E-state index < -0.39 is 0 Å². The maximum absolute atomic E-state index is 6.16. The van der Waals surface area contributed by atoms with Gasteiger partial charge in [0.2, 0.25) is 0 Å². The van der Waals surface area contributed by atoms with Crippen LogP contribution in [0.1, 0.15) is 24.7 Å². The second-order valence-corrected chi connectivity index (χ2v) is 6.03. The zero-order valence-electron chi connectivity index (χ0n) is 11.2. The first kappa shape index (κ1) is 15.5. The largest absolute Gasteiger partial charge is 0.340 e. The van der Waals surface area contributed by atoms with Crippen molar-refractivity contribution in [3.05, 3.63) is 44.2 Å². The van der Waals surface area contributed by atoms with Crippen molar-refractivity contribution in [2.75, 3.05) is 5.32 Å². The van der Waals surface area contributed by atoms with Gasteiger partial charge in [-0.05, 0) is 47.5 Å². The van der Waals surface area contributed by atoms with E-state index in [0.717, 1.165) is 40.2 Å². The molecule has 0 spiro atoms. The standard InChI is InChI=1S/C14H14BrCl2N3/c1-3-4-12-19-13(17)8(2)14(20-12)18-9-5-6-11(16)10(15)7-9/h5-7H,3-4H2,1-2H3,(H,18,19,20). The van der Waals surface area contributed by atoms with Gasteiger partial charge in [-0.25, -0.2) is 9.97 Å². The summed E-state index contributed by atoms with van der Waals surface area (Å²) in [6, 6.07) is 5.61. The zero-order chi connectivity index (χ0) is 14.7. The molecule has 0 fully saturated rings. The maximum atomic E-state index is 6.16. The van der Waals surface area contributed by atoms with E-state index >= 15 is 0 Å². The molecule has 3 nitrogen and oxygen atoms in total. The molecule has 0 aliphatic rings. The summed E-state index contributed by atoms with van der Waals surface area (Å²) < 4.78 is 0.829. The maximum Gasteiger partial charge on any atom is 0.138 e. The van der Waals surface area contributed by atoms with E-state index in [1.165, 1.54) is 0 Å². The summed E-state index contributed by atoms with van der Waals surface area (Å²) in [5, 5.41) is 4.41. The minimum absolute atomic E-state index is 0.485. The molecule has 0 unspecified atom stereocenters. The van der Waals surface area contributed by atoms with Crippen LogP contribution in [0.2, 0.25) is 10.2 Å². The van der Waals surface area contributed by atoms with Crippen molar-refractivity contribution >= 4 is 50.6 Å². The highest BCUT2D eigenvalue weighted by Crippen LogP contribution is 2.29. The second kappa shape index (κ2) is 6.74. The topological polar surface area (TPSA) is 37.8 Å². The van der Waals surface area contributed by atoms with Crippen molar-refractivity contribution in [3.8, 4) is 0 Å². The molecular formula is C14H14BrCl2N3. The molecule has 6 heteroatoms. The van der Waals surface area contributed by atoms with Gasteiger partial charge in [-0.3, -0.25) is 0 Å². The number of hydrogen-bond donors (Lipinski definition) is 1. The van der Waals surface area contributed by atoms with Gasteiger partial charge in [0.15, 0.2) is 0 Å². The highest BCUT2D eigenvalue weighted by molar-refractivity contribution is 9.10. The number of hydrogen-bond acceptors (Lipinski definition) is 3. The third-order valence-electron chi connectivity index (χ3n) is 2.79. The Hall–Kier alpha value is -0.840. The Kier molecular flexibility index (Phi) is 5.24. The van der Waals surface area contributed by atoms with Gasteiger partial charge >= 0.3 is 0 Å². The van der Waals surface area contributed by atoms with Crippen molar-refractivity contribution in [3.63, 3.8) is 0 Å². The lowest BCUT2D eigenvalue weighted by molar-refractivity contribution is 0.833. The van der Waals surface area contributed by atoms with E-state index in [1.807, 2.05) is 25.1 Å². The smallest absolute Gasteiger partial charge is 0.138 e. The zero-order valence-corrected chi connectivity index (χ0v) is 14.3. The molecule has 106 valence electrons. The van der Waals surface area contributed by atoms with Gasteiger partial charge in [0.25, 0.3) is 0 Å². The molecule has 0 atom stereocenters. The van der Waals surface area contributed by atoms with Crippen LogP contribution in [0.5, 0.6) is 0 Å². The lowest BCUT2D eigenvalue weighted by atomic mass is 10.2. The van der Waals surface area contributed by atoms with Gasteiger partial charge in [-0.2, -0.15) is 0 Å². The average molecular weight is 375 g/mol. The van der Waals surface area contributed by atoms with E-state index in [0.29, 0.717) is 10.2 Å². The Morgan fingerprint density at radius 3 is 2.65 bits per heavy atom. The molecule has 0 radical (unpaired) electrons. The van der Waals surface area contributed by atoms with Crippen molar-refractivity contribution in [2.24, 2.45) is 0 Å². The van der Waals surface area contributed by atoms with Crippen molar-refractivity contribution in [1.29, 1.82) is 0 Å². The molecular weight excluding hydrogens is 361 g/mol. The van der Waals surface area contributed by atoms with Crippen LogP contribution >= 0.6 is 39.1 Å². The lowest BCUT2D eigenvalue weighted by Crippen LogP contribution is -2.03. The molecule has 1 heterocycles. The minimum Gasteiger partial charge on any atom is -0.340 e. The molecule has 1 aromatic heterocycles. The molecule has 2 aromatic rings. The lowest BCUT2D eigenvalue weighted by Gasteiger charge is -2.12. The number of aromatic nitrogens is 2. The molecule has 0 amide bonds. The number of nitrogens with one attached hydrogen (secondary N) is 1. The van der Waals surface area contributed by atoms with Gasteiger partial charge in [-0.1, -0.05) is 30.1 Å². The Balaban J connectivity index is 2.34. The number of benzene rings is 1. The van der Waals surface area contributed by atoms with Gasteiger partial charge in [0.05, 0.1) is 5.02 Å². The predicted molar refractivity (Wildman–Crippen MR) is 88.2 cm³/mol. The normalized spacial score (nSPS) is 10.7. The summed E-state index contributed by atoms with van der Waals surface area (Å²) in [5.74, 6) is 1.47. The van der Waals surface area contributed by atoms with E-state index in [9.17, 15) is 0 Å². The first-order valence-corrected chi connectivity index (χ1v) is 7.81. The highest BCUT2D eigenvalue weighted by Gasteiger charge is 2.10. The van der Waals surface area contributed by atoms with Crippen molar-refractivity contribution in [1.82, 2.24) is 9.97 Å². The Morgan fingerprint density at radius 2 is 2.00 bits per heavy atom. The van der Waals surface area contributed by atoms with E-state index in [2.05, 4.69) is 38.1 Å². The molecule has 1 N–H and O–H groups in total. The third kappa shape index (κ3) is 3.62. The third-order valence-corrected chi connectivity index (χ3v) is 4.37. The van der Waals surface area contributed by atoms with Gasteiger partial charge in [0, 0.05) is 22.1 Å². The highest BCUT2D eigenvalue weighted by atomic mass is 79.9. The molecule has 1 aromatic carbocycles. The second-order valence-electron chi connectivity index (χ2n) is 4.41. The number of halogens is 3. The summed E-state index contributed by atoms with van der Waals surface area (Å²) in [6.45, 7) is 3.98. The Bertz CT molecular complexity index is 632. The predicted octanol–water partition coefficient (Wildman–Crippen LogP) is 5.55. The van der Waals surface area contributed by atoms with Crippen molar-refractivity contribution in [2.45, 2.75) is 26.7 Å². The molecule has 20 heavy (non-hydrogen) atoms. The Labute approximate surface area is 136 Å². The van der Waals surface area contributed by atoms with Crippen LogP contribution in [0, 0.1) is 6.92 Å². The molecule has 0 bridgehead atoms. The first-order valence-electron chi connectivity index (χ1n) is 6.26. The molecule has 0 saturated heterocycles. The molecule has 0 aliphatic heterocycles. The van der Waals surface area contributed by atoms with E-state index in [1.54, 1.807) is 0 Å². The minimum atomic E-state index is 0.485. The number of rotatable bonds is 4. The number of nitrogens with zero attached hydrogens (tertiary/aromatic N) is 2. The van der Waals surface area contributed by atoms with Crippen LogP contribution in [0.25, 0.3) is 0 Å². The van der Waals surface area contributed by atoms with Gasteiger partial charge < -0.3 is 5.32 Å². The van der Waals surface area contributed by atoms with Gasteiger partial charge in [0.1, 0.15) is 16.8 Å². The summed E-state index contributed by atoms with van der Waals surface area (Å²) >= 11 is 15.5. The summed E-state index contributed by atoms with van der Waals surface area (Å²) in [6.07, 6.45) is 1.78. The fraction of sp³-hybridized carbons (Fsp3) is 0.286. The molecule has 2 rings (SSSR count). The van der Waals surface area contributed by atoms with Crippen molar-refractivity contribution < 1.29 is 0 Å². The summed E-state index contributed by atoms with van der Waals surface area (Å²) in [7, 11) is 0. The molecule has 0 saturated carbocycles. The fourth-order valence-corrected chi connectivity index (χ4v) is 2.38. The van der Waals surface area contributed by atoms with Crippen LogP contribution in [-0.2, 0) is 6.42 Å². The van der Waals surface area contributed by atoms with Crippen LogP contribution in [0.15, 0.2) is 22.7 Å². The van der Waals surface area contributed by atoms with Crippen LogP contribution in [0.4, 0.5) is 11.5 Å². The molecule has 0 aliphatic carbocycles. The number of aryl methyl sites for hydroxylation is 1. The fourth-order valence-electron chi connectivity index (χ4n) is 1.70. The first-order chi connectivity index (χ1) is 9.51. The van der Waals surface area contributed by atoms with Crippen LogP contribution in [0.3, 0.4) is 0 Å². The summed E-state index contributed by atoms with van der Waals surface area (Å²) in [4.78, 5) is 8.80. The van der Waals surface area contributed by atoms with Gasteiger partial charge in [-0.15, -0.1) is 0 Å². The average Bonchev–Trinajstić information content (AvgIpc) is 2.40. The van der Waals surface area contributed by atoms with Crippen LogP contribution in [-0.4, -0.2) is 9.97 Å². The number of anilines is 2. The Morgan fingerprint density at radius 1 is 1.25 bits per heavy atom. The van der Waals surface area contributed by atoms with E-state index in [4.69, 9.17) is 23.2 Å². The van der Waals surface area contributed by atoms with Crippen LogP contribution < -0.4 is 5.32 Å². The quantitative estimate of drug-likeness (QED) is 0.712. The monoisotopic (exact) mass is 373 g/mol.